The third-order valence-corrected chi connectivity index (χ3v) is 6.78. The van der Waals surface area contributed by atoms with E-state index in [4.69, 9.17) is 16.7 Å². The van der Waals surface area contributed by atoms with Crippen LogP contribution in [0.25, 0.3) is 5.57 Å². The molecule has 0 spiro atoms. The molecule has 1 aliphatic heterocycles. The maximum atomic E-state index is 12.5. The smallest absolute Gasteiger partial charge is 0.353 e. The molecule has 1 atom stereocenters. The molecule has 1 unspecified atom stereocenters. The minimum Gasteiger partial charge on any atom is -0.477 e. The van der Waals surface area contributed by atoms with E-state index in [1.807, 2.05) is 42.4 Å². The lowest BCUT2D eigenvalue weighted by Crippen LogP contribution is -2.37. The van der Waals surface area contributed by atoms with Crippen LogP contribution in [0.15, 0.2) is 89.5 Å². The van der Waals surface area contributed by atoms with Crippen molar-refractivity contribution in [3.8, 4) is 0 Å². The molecule has 3 aromatic carbocycles. The predicted molar refractivity (Wildman–Crippen MR) is 126 cm³/mol. The number of halogens is 1. The average molecular weight is 484 g/mol. The van der Waals surface area contributed by atoms with E-state index >= 15 is 0 Å². The number of likely N-dealkylation sites (N-methyl/N-ethyl adjacent to an activating group) is 1. The molecular formula is C24H22ClN3O4S. The molecule has 7 nitrogen and oxygen atoms in total. The highest BCUT2D eigenvalue weighted by Gasteiger charge is 2.41. The third kappa shape index (κ3) is 4.65. The third-order valence-electron chi connectivity index (χ3n) is 5.60. The number of carboxylic acids is 1. The van der Waals surface area contributed by atoms with E-state index < -0.39 is 22.0 Å². The Labute approximate surface area is 197 Å². The first-order valence-corrected chi connectivity index (χ1v) is 12.0. The summed E-state index contributed by atoms with van der Waals surface area (Å²) in [5.74, 6) is -1.06. The Morgan fingerprint density at radius 1 is 1.00 bits per heavy atom. The highest BCUT2D eigenvalue weighted by Crippen LogP contribution is 2.45. The number of nitrogens with two attached hydrogens (primary N) is 1. The van der Waals surface area contributed by atoms with Crippen molar-refractivity contribution in [1.82, 2.24) is 10.0 Å². The second kappa shape index (κ2) is 8.99. The maximum Gasteiger partial charge on any atom is 0.353 e. The van der Waals surface area contributed by atoms with E-state index in [9.17, 15) is 18.3 Å². The Morgan fingerprint density at radius 2 is 1.61 bits per heavy atom. The van der Waals surface area contributed by atoms with E-state index in [0.717, 1.165) is 11.1 Å². The van der Waals surface area contributed by atoms with Crippen LogP contribution < -0.4 is 5.14 Å². The lowest BCUT2D eigenvalue weighted by atomic mass is 9.92. The number of benzene rings is 3. The van der Waals surface area contributed by atoms with E-state index in [1.165, 1.54) is 12.1 Å². The van der Waals surface area contributed by atoms with Gasteiger partial charge in [0.05, 0.1) is 17.5 Å². The molecule has 33 heavy (non-hydrogen) atoms. The van der Waals surface area contributed by atoms with Gasteiger partial charge in [0.1, 0.15) is 5.70 Å². The Bertz CT molecular complexity index is 1310. The molecule has 1 heterocycles. The summed E-state index contributed by atoms with van der Waals surface area (Å²) in [6.07, 6.45) is 0. The van der Waals surface area contributed by atoms with Crippen molar-refractivity contribution in [2.45, 2.75) is 17.5 Å². The lowest BCUT2D eigenvalue weighted by molar-refractivity contribution is -0.136. The zero-order chi connectivity index (χ0) is 23.8. The van der Waals surface area contributed by atoms with Gasteiger partial charge in [-0.3, -0.25) is 5.01 Å². The van der Waals surface area contributed by atoms with Gasteiger partial charge in [0.15, 0.2) is 0 Å². The number of aliphatic carboxylic acids is 1. The highest BCUT2D eigenvalue weighted by molar-refractivity contribution is 7.89. The lowest BCUT2D eigenvalue weighted by Gasteiger charge is -2.32. The van der Waals surface area contributed by atoms with Gasteiger partial charge in [0, 0.05) is 17.6 Å². The molecule has 3 N–H and O–H groups in total. The molecule has 4 rings (SSSR count). The van der Waals surface area contributed by atoms with Crippen LogP contribution in [0.5, 0.6) is 0 Å². The molecule has 9 heteroatoms. The number of hydrogen-bond donors (Lipinski definition) is 2. The SMILES string of the molecule is CN1C(c2ccc(S(N)(=O)=O)cc2)C(c2ccc(Cl)cc2)=C(C(=O)O)N1Cc1ccccc1. The highest BCUT2D eigenvalue weighted by atomic mass is 35.5. The van der Waals surface area contributed by atoms with Crippen LogP contribution in [0.2, 0.25) is 5.02 Å². The quantitative estimate of drug-likeness (QED) is 0.551. The first kappa shape index (κ1) is 23.0. The summed E-state index contributed by atoms with van der Waals surface area (Å²) < 4.78 is 23.4. The van der Waals surface area contributed by atoms with Crippen LogP contribution >= 0.6 is 11.6 Å². The van der Waals surface area contributed by atoms with Crippen LogP contribution in [0.1, 0.15) is 22.7 Å². The summed E-state index contributed by atoms with van der Waals surface area (Å²) in [6, 6.07) is 22.3. The Balaban J connectivity index is 1.88. The number of hydrogen-bond acceptors (Lipinski definition) is 5. The van der Waals surface area contributed by atoms with Crippen molar-refractivity contribution in [2.24, 2.45) is 5.14 Å². The number of primary sulfonamides is 1. The van der Waals surface area contributed by atoms with E-state index in [0.29, 0.717) is 22.7 Å². The largest absolute Gasteiger partial charge is 0.477 e. The van der Waals surface area contributed by atoms with Crippen LogP contribution in [-0.4, -0.2) is 36.6 Å². The molecule has 170 valence electrons. The van der Waals surface area contributed by atoms with E-state index in [-0.39, 0.29) is 10.6 Å². The summed E-state index contributed by atoms with van der Waals surface area (Å²) in [7, 11) is -2.04. The molecule has 0 radical (unpaired) electrons. The number of carboxylic acid groups (broad SMARTS) is 1. The van der Waals surface area contributed by atoms with Gasteiger partial charge < -0.3 is 5.11 Å². The topological polar surface area (TPSA) is 104 Å². The summed E-state index contributed by atoms with van der Waals surface area (Å²) in [5, 5.41) is 19.6. The second-order valence-corrected chi connectivity index (χ2v) is 9.71. The zero-order valence-corrected chi connectivity index (χ0v) is 19.3. The monoisotopic (exact) mass is 483 g/mol. The van der Waals surface area contributed by atoms with Gasteiger partial charge in [0.25, 0.3) is 0 Å². The number of hydrazine groups is 1. The molecule has 1 aliphatic rings. The Kier molecular flexibility index (Phi) is 6.27. The summed E-state index contributed by atoms with van der Waals surface area (Å²) in [4.78, 5) is 12.5. The van der Waals surface area contributed by atoms with Crippen LogP contribution in [0.3, 0.4) is 0 Å². The second-order valence-electron chi connectivity index (χ2n) is 7.71. The molecule has 0 fully saturated rings. The molecule has 0 aliphatic carbocycles. The molecule has 0 saturated carbocycles. The summed E-state index contributed by atoms with van der Waals surface area (Å²) >= 11 is 6.07. The molecule has 0 amide bonds. The van der Waals surface area contributed by atoms with Crippen molar-refractivity contribution in [3.63, 3.8) is 0 Å². The van der Waals surface area contributed by atoms with E-state index in [2.05, 4.69) is 0 Å². The van der Waals surface area contributed by atoms with Gasteiger partial charge in [0.2, 0.25) is 10.0 Å². The zero-order valence-electron chi connectivity index (χ0n) is 17.7. The van der Waals surface area contributed by atoms with Gasteiger partial charge in [-0.15, -0.1) is 0 Å². The van der Waals surface area contributed by atoms with Gasteiger partial charge in [-0.25, -0.2) is 23.4 Å². The fourth-order valence-electron chi connectivity index (χ4n) is 4.07. The number of sulfonamides is 1. The predicted octanol–water partition coefficient (Wildman–Crippen LogP) is 3.89. The summed E-state index contributed by atoms with van der Waals surface area (Å²) in [6.45, 7) is 0.349. The van der Waals surface area contributed by atoms with Crippen molar-refractivity contribution < 1.29 is 18.3 Å². The molecule has 0 aromatic heterocycles. The van der Waals surface area contributed by atoms with Gasteiger partial charge in [-0.05, 0) is 41.0 Å². The summed E-state index contributed by atoms with van der Waals surface area (Å²) in [5.41, 5.74) is 3.11. The molecule has 0 saturated heterocycles. The van der Waals surface area contributed by atoms with Gasteiger partial charge in [-0.2, -0.15) is 0 Å². The van der Waals surface area contributed by atoms with Crippen molar-refractivity contribution in [2.75, 3.05) is 7.05 Å². The van der Waals surface area contributed by atoms with Crippen LogP contribution in [0, 0.1) is 0 Å². The van der Waals surface area contributed by atoms with Crippen molar-refractivity contribution in [1.29, 1.82) is 0 Å². The minimum atomic E-state index is -3.85. The van der Waals surface area contributed by atoms with Gasteiger partial charge >= 0.3 is 5.97 Å². The Morgan fingerprint density at radius 3 is 2.15 bits per heavy atom. The number of rotatable bonds is 6. The molecule has 0 bridgehead atoms. The van der Waals surface area contributed by atoms with E-state index in [1.54, 1.807) is 41.4 Å². The standard InChI is InChI=1S/C24H22ClN3O4S/c1-27-22(18-9-13-20(14-10-18)33(26,31)32)21(17-7-11-19(25)12-8-17)23(24(29)30)28(27)15-16-5-3-2-4-6-16/h2-14,22H,15H2,1H3,(H,29,30)(H2,26,31,32). The normalized spacial score (nSPS) is 16.9. The fraction of sp³-hybridized carbons (Fsp3) is 0.125. The van der Waals surface area contributed by atoms with Crippen molar-refractivity contribution >= 4 is 33.2 Å². The first-order valence-electron chi connectivity index (χ1n) is 10.1. The average Bonchev–Trinajstić information content (AvgIpc) is 3.07. The molecule has 3 aromatic rings. The first-order chi connectivity index (χ1) is 15.7. The Hall–Kier alpha value is -3.17. The molecular weight excluding hydrogens is 462 g/mol. The van der Waals surface area contributed by atoms with Gasteiger partial charge in [-0.1, -0.05) is 66.2 Å². The number of carbonyl (C=O) groups is 1. The van der Waals surface area contributed by atoms with Crippen LogP contribution in [0.4, 0.5) is 0 Å². The maximum absolute atomic E-state index is 12.5. The number of nitrogens with zero attached hydrogens (tertiary/aromatic N) is 2. The van der Waals surface area contributed by atoms with Crippen LogP contribution in [-0.2, 0) is 21.4 Å². The van der Waals surface area contributed by atoms with Crippen molar-refractivity contribution in [3.05, 3.63) is 106 Å². The minimum absolute atomic E-state index is 0.0106. The fourth-order valence-corrected chi connectivity index (χ4v) is 4.71.